The number of amides is 2. The van der Waals surface area contributed by atoms with E-state index in [4.69, 9.17) is 16.3 Å². The third-order valence-electron chi connectivity index (χ3n) is 4.08. The van der Waals surface area contributed by atoms with E-state index >= 15 is 0 Å². The molecule has 2 N–H and O–H groups in total. The van der Waals surface area contributed by atoms with Gasteiger partial charge in [0.2, 0.25) is 5.91 Å². The van der Waals surface area contributed by atoms with Crippen LogP contribution >= 0.6 is 23.4 Å². The fourth-order valence-corrected chi connectivity index (χ4v) is 3.55. The molecule has 10 heteroatoms. The van der Waals surface area contributed by atoms with Gasteiger partial charge in [-0.1, -0.05) is 23.4 Å². The number of nitrogens with zero attached hydrogens (tertiary/aromatic N) is 3. The normalized spacial score (nSPS) is 11.6. The van der Waals surface area contributed by atoms with Gasteiger partial charge in [-0.2, -0.15) is 0 Å². The molecule has 2 aromatic carbocycles. The summed E-state index contributed by atoms with van der Waals surface area (Å²) < 4.78 is 7.10. The minimum absolute atomic E-state index is 0.354. The van der Waals surface area contributed by atoms with Crippen LogP contribution < -0.4 is 15.6 Å². The first-order valence-corrected chi connectivity index (χ1v) is 10.2. The summed E-state index contributed by atoms with van der Waals surface area (Å²) in [5.74, 6) is 0.616. The van der Waals surface area contributed by atoms with E-state index in [1.165, 1.54) is 18.7 Å². The second kappa shape index (κ2) is 9.64. The van der Waals surface area contributed by atoms with Crippen LogP contribution in [0.1, 0.15) is 13.8 Å². The zero-order valence-electron chi connectivity index (χ0n) is 16.5. The van der Waals surface area contributed by atoms with Crippen molar-refractivity contribution in [1.82, 2.24) is 25.6 Å². The summed E-state index contributed by atoms with van der Waals surface area (Å²) >= 11 is 7.24. The quantitative estimate of drug-likeness (QED) is 0.446. The maximum Gasteiger partial charge on any atom is 0.251 e. The first-order chi connectivity index (χ1) is 14.4. The maximum atomic E-state index is 12.3. The molecule has 2 amide bonds. The zero-order valence-corrected chi connectivity index (χ0v) is 18.1. The molecular formula is C20H20ClN5O3S. The summed E-state index contributed by atoms with van der Waals surface area (Å²) in [4.78, 5) is 23.3. The van der Waals surface area contributed by atoms with E-state index in [9.17, 15) is 9.59 Å². The third-order valence-corrected chi connectivity index (χ3v) is 5.37. The highest BCUT2D eigenvalue weighted by atomic mass is 35.5. The van der Waals surface area contributed by atoms with Crippen molar-refractivity contribution in [1.29, 1.82) is 0 Å². The Labute approximate surface area is 182 Å². The van der Waals surface area contributed by atoms with Crippen molar-refractivity contribution < 1.29 is 14.3 Å². The highest BCUT2D eigenvalue weighted by Crippen LogP contribution is 2.31. The van der Waals surface area contributed by atoms with Crippen molar-refractivity contribution in [3.8, 4) is 22.8 Å². The largest absolute Gasteiger partial charge is 0.497 e. The first-order valence-electron chi connectivity index (χ1n) is 8.98. The van der Waals surface area contributed by atoms with Crippen molar-refractivity contribution in [2.75, 3.05) is 7.11 Å². The molecule has 0 aliphatic heterocycles. The fourth-order valence-electron chi connectivity index (χ4n) is 2.56. The molecule has 1 aromatic heterocycles. The van der Waals surface area contributed by atoms with Crippen molar-refractivity contribution >= 4 is 35.2 Å². The van der Waals surface area contributed by atoms with Gasteiger partial charge in [0.25, 0.3) is 5.91 Å². The number of methoxy groups -OCH3 is 1. The van der Waals surface area contributed by atoms with Gasteiger partial charge < -0.3 is 4.74 Å². The van der Waals surface area contributed by atoms with E-state index in [-0.39, 0.29) is 11.8 Å². The molecule has 0 spiro atoms. The van der Waals surface area contributed by atoms with E-state index < -0.39 is 5.25 Å². The number of ether oxygens (including phenoxy) is 1. The molecule has 30 heavy (non-hydrogen) atoms. The summed E-state index contributed by atoms with van der Waals surface area (Å²) in [6, 6.07) is 14.7. The third kappa shape index (κ3) is 5.11. The average Bonchev–Trinajstić information content (AvgIpc) is 3.15. The van der Waals surface area contributed by atoms with Gasteiger partial charge in [0.05, 0.1) is 12.4 Å². The van der Waals surface area contributed by atoms with Crippen molar-refractivity contribution in [2.24, 2.45) is 0 Å². The number of hydrogen-bond acceptors (Lipinski definition) is 6. The smallest absolute Gasteiger partial charge is 0.251 e. The van der Waals surface area contributed by atoms with Gasteiger partial charge in [-0.25, -0.2) is 0 Å². The topological polar surface area (TPSA) is 98.1 Å². The molecule has 0 aliphatic carbocycles. The molecule has 0 bridgehead atoms. The number of carbonyl (C=O) groups excluding carboxylic acids is 2. The van der Waals surface area contributed by atoms with E-state index in [2.05, 4.69) is 21.0 Å². The molecule has 0 fully saturated rings. The fraction of sp³-hybridized carbons (Fsp3) is 0.200. The van der Waals surface area contributed by atoms with Crippen molar-refractivity contribution in [2.45, 2.75) is 24.3 Å². The Morgan fingerprint density at radius 2 is 1.73 bits per heavy atom. The highest BCUT2D eigenvalue weighted by Gasteiger charge is 2.22. The molecule has 0 aliphatic rings. The summed E-state index contributed by atoms with van der Waals surface area (Å²) in [5, 5.41) is 9.24. The molecule has 0 saturated heterocycles. The van der Waals surface area contributed by atoms with Gasteiger partial charge >= 0.3 is 0 Å². The van der Waals surface area contributed by atoms with Crippen molar-refractivity contribution in [3.63, 3.8) is 0 Å². The van der Waals surface area contributed by atoms with Crippen LogP contribution in [-0.2, 0) is 9.59 Å². The number of rotatable bonds is 6. The Morgan fingerprint density at radius 1 is 1.07 bits per heavy atom. The number of hydrogen-bond donors (Lipinski definition) is 2. The lowest BCUT2D eigenvalue weighted by atomic mass is 10.2. The predicted molar refractivity (Wildman–Crippen MR) is 116 cm³/mol. The molecule has 1 heterocycles. The van der Waals surface area contributed by atoms with Crippen LogP contribution in [0.25, 0.3) is 17.1 Å². The average molecular weight is 446 g/mol. The molecule has 0 radical (unpaired) electrons. The number of benzene rings is 2. The Balaban J connectivity index is 1.97. The van der Waals surface area contributed by atoms with E-state index in [0.29, 0.717) is 16.0 Å². The number of halogens is 1. The van der Waals surface area contributed by atoms with Crippen LogP contribution in [0, 0.1) is 0 Å². The molecular weight excluding hydrogens is 426 g/mol. The summed E-state index contributed by atoms with van der Waals surface area (Å²) in [6.07, 6.45) is 0. The molecule has 3 rings (SSSR count). The highest BCUT2D eigenvalue weighted by molar-refractivity contribution is 8.00. The van der Waals surface area contributed by atoms with E-state index in [1.54, 1.807) is 26.2 Å². The standard InChI is InChI=1S/C20H20ClN5O3S/c1-12(19(28)24-22-13(2)27)30-20-25-23-18(14-4-6-15(21)7-5-14)26(20)16-8-10-17(29-3)11-9-16/h4-12H,1-3H3,(H,22,27)(H,24,28). The Kier molecular flexibility index (Phi) is 6.96. The monoisotopic (exact) mass is 445 g/mol. The van der Waals surface area contributed by atoms with Crippen LogP contribution in [0.4, 0.5) is 0 Å². The van der Waals surface area contributed by atoms with Gasteiger partial charge in [-0.3, -0.25) is 25.0 Å². The summed E-state index contributed by atoms with van der Waals surface area (Å²) in [7, 11) is 1.60. The minimum atomic E-state index is -0.531. The van der Waals surface area contributed by atoms with E-state index in [0.717, 1.165) is 17.0 Å². The van der Waals surface area contributed by atoms with Gasteiger partial charge in [0.1, 0.15) is 5.75 Å². The molecule has 8 nitrogen and oxygen atoms in total. The molecule has 0 saturated carbocycles. The molecule has 156 valence electrons. The lowest BCUT2D eigenvalue weighted by Crippen LogP contribution is -2.43. The zero-order chi connectivity index (χ0) is 21.7. The maximum absolute atomic E-state index is 12.3. The lowest BCUT2D eigenvalue weighted by Gasteiger charge is -2.14. The van der Waals surface area contributed by atoms with E-state index in [1.807, 2.05) is 41.0 Å². The van der Waals surface area contributed by atoms with Crippen LogP contribution in [-0.4, -0.2) is 38.9 Å². The predicted octanol–water partition coefficient (Wildman–Crippen LogP) is 3.24. The van der Waals surface area contributed by atoms with Gasteiger partial charge in [0.15, 0.2) is 11.0 Å². The Hall–Kier alpha value is -3.04. The summed E-state index contributed by atoms with van der Waals surface area (Å²) in [5.41, 5.74) is 6.29. The van der Waals surface area contributed by atoms with Crippen LogP contribution in [0.2, 0.25) is 5.02 Å². The number of aromatic nitrogens is 3. The van der Waals surface area contributed by atoms with Crippen LogP contribution in [0.5, 0.6) is 5.75 Å². The Bertz CT molecular complexity index is 1040. The van der Waals surface area contributed by atoms with Gasteiger partial charge in [-0.15, -0.1) is 10.2 Å². The number of nitrogens with one attached hydrogen (secondary N) is 2. The lowest BCUT2D eigenvalue weighted by molar-refractivity contribution is -0.127. The molecule has 1 unspecified atom stereocenters. The van der Waals surface area contributed by atoms with Crippen LogP contribution in [0.3, 0.4) is 0 Å². The van der Waals surface area contributed by atoms with Crippen molar-refractivity contribution in [3.05, 3.63) is 53.6 Å². The minimum Gasteiger partial charge on any atom is -0.497 e. The molecule has 3 aromatic rings. The van der Waals surface area contributed by atoms with Gasteiger partial charge in [-0.05, 0) is 55.5 Å². The Morgan fingerprint density at radius 3 is 2.33 bits per heavy atom. The second-order valence-corrected chi connectivity index (χ2v) is 8.02. The SMILES string of the molecule is COc1ccc(-n2c(SC(C)C(=O)NNC(C)=O)nnc2-c2ccc(Cl)cc2)cc1. The van der Waals surface area contributed by atoms with Crippen LogP contribution in [0.15, 0.2) is 53.7 Å². The second-order valence-electron chi connectivity index (χ2n) is 6.28. The van der Waals surface area contributed by atoms with Gasteiger partial charge in [0, 0.05) is 23.2 Å². The first kappa shape index (κ1) is 21.7. The number of thioether (sulfide) groups is 1. The summed E-state index contributed by atoms with van der Waals surface area (Å²) in [6.45, 7) is 3.04. The molecule has 1 atom stereocenters. The number of hydrazine groups is 1. The number of carbonyl (C=O) groups is 2.